The number of carbonyl (C=O) groups excluding carboxylic acids is 1. The van der Waals surface area contributed by atoms with E-state index in [0.717, 1.165) is 20.7 Å². The summed E-state index contributed by atoms with van der Waals surface area (Å²) in [6.45, 7) is 0.960. The normalized spacial score (nSPS) is 28.7. The molecule has 3 rings (SSSR count). The third kappa shape index (κ3) is 1.72. The number of hydrogen-bond acceptors (Lipinski definition) is 3. The molecule has 0 radical (unpaired) electrons. The second kappa shape index (κ2) is 3.92. The van der Waals surface area contributed by atoms with Crippen molar-refractivity contribution in [1.82, 2.24) is 4.90 Å². The van der Waals surface area contributed by atoms with Gasteiger partial charge in [0.05, 0.1) is 0 Å². The minimum atomic E-state index is 0.252. The summed E-state index contributed by atoms with van der Waals surface area (Å²) in [5.41, 5.74) is 0. The van der Waals surface area contributed by atoms with Crippen molar-refractivity contribution in [2.45, 2.75) is 17.7 Å². The maximum atomic E-state index is 12.2. The highest BCUT2D eigenvalue weighted by atomic mass is 127. The molecule has 0 spiro atoms. The quantitative estimate of drug-likeness (QED) is 0.725. The van der Waals surface area contributed by atoms with E-state index in [1.54, 1.807) is 11.3 Å². The summed E-state index contributed by atoms with van der Waals surface area (Å²) in [5, 5.41) is 2.70. The maximum Gasteiger partial charge on any atom is 0.265 e. The van der Waals surface area contributed by atoms with E-state index in [1.807, 2.05) is 23.2 Å². The molecule has 2 unspecified atom stereocenters. The van der Waals surface area contributed by atoms with Gasteiger partial charge in [-0.25, -0.2) is 0 Å². The topological polar surface area (TPSA) is 20.3 Å². The van der Waals surface area contributed by atoms with E-state index in [-0.39, 0.29) is 5.91 Å². The van der Waals surface area contributed by atoms with E-state index < -0.39 is 0 Å². The third-order valence-corrected chi connectivity index (χ3v) is 6.53. The summed E-state index contributed by atoms with van der Waals surface area (Å²) in [6.07, 6.45) is 1.21. The molecule has 1 aromatic heterocycles. The molecule has 15 heavy (non-hydrogen) atoms. The van der Waals surface area contributed by atoms with Gasteiger partial charge in [0.15, 0.2) is 0 Å². The Labute approximate surface area is 111 Å². The van der Waals surface area contributed by atoms with E-state index in [0.29, 0.717) is 11.3 Å². The van der Waals surface area contributed by atoms with Gasteiger partial charge in [0.1, 0.15) is 4.88 Å². The molecule has 0 N–H and O–H groups in total. The molecule has 0 aromatic carbocycles. The van der Waals surface area contributed by atoms with Crippen LogP contribution in [-0.4, -0.2) is 34.4 Å². The Kier molecular flexibility index (Phi) is 2.72. The molecule has 1 amide bonds. The van der Waals surface area contributed by atoms with Gasteiger partial charge in [-0.3, -0.25) is 4.79 Å². The van der Waals surface area contributed by atoms with E-state index in [4.69, 9.17) is 0 Å². The van der Waals surface area contributed by atoms with Crippen LogP contribution in [0.15, 0.2) is 11.4 Å². The highest BCUT2D eigenvalue weighted by molar-refractivity contribution is 14.1. The first-order valence-corrected chi connectivity index (χ1v) is 7.92. The van der Waals surface area contributed by atoms with Crippen molar-refractivity contribution in [1.29, 1.82) is 0 Å². The Morgan fingerprint density at radius 3 is 3.00 bits per heavy atom. The minimum Gasteiger partial charge on any atom is -0.333 e. The molecule has 2 fully saturated rings. The van der Waals surface area contributed by atoms with Crippen molar-refractivity contribution < 1.29 is 4.79 Å². The zero-order chi connectivity index (χ0) is 10.4. The molecule has 2 aliphatic rings. The number of halogens is 1. The molecule has 1 aromatic rings. The van der Waals surface area contributed by atoms with Gasteiger partial charge >= 0.3 is 0 Å². The van der Waals surface area contributed by atoms with Crippen LogP contribution in [0.3, 0.4) is 0 Å². The molecule has 2 nitrogen and oxygen atoms in total. The van der Waals surface area contributed by atoms with E-state index in [2.05, 4.69) is 27.5 Å². The van der Waals surface area contributed by atoms with Crippen molar-refractivity contribution in [2.24, 2.45) is 0 Å². The standard InChI is InChI=1S/C10H10INOS2/c11-8-1-2-14-9(8)10(13)12-4-7-3-6(12)5-15-7/h1-2,6-7H,3-5H2. The monoisotopic (exact) mass is 351 g/mol. The van der Waals surface area contributed by atoms with Gasteiger partial charge in [-0.1, -0.05) is 0 Å². The Morgan fingerprint density at radius 1 is 1.60 bits per heavy atom. The molecule has 2 atom stereocenters. The average molecular weight is 351 g/mol. The van der Waals surface area contributed by atoms with Crippen LogP contribution in [0.1, 0.15) is 16.1 Å². The molecule has 3 heterocycles. The second-order valence-corrected chi connectivity index (χ2v) is 7.31. The van der Waals surface area contributed by atoms with Gasteiger partial charge in [-0.15, -0.1) is 11.3 Å². The summed E-state index contributed by atoms with van der Waals surface area (Å²) in [6, 6.07) is 2.52. The van der Waals surface area contributed by atoms with Crippen LogP contribution in [-0.2, 0) is 0 Å². The molecule has 2 bridgehead atoms. The second-order valence-electron chi connectivity index (χ2n) is 3.90. The fourth-order valence-corrected chi connectivity index (χ4v) is 5.43. The van der Waals surface area contributed by atoms with Crippen LogP contribution < -0.4 is 0 Å². The number of hydrogen-bond donors (Lipinski definition) is 0. The molecular formula is C10H10INOS2. The number of carbonyl (C=O) groups is 1. The molecule has 2 saturated heterocycles. The van der Waals surface area contributed by atoms with Gasteiger partial charge in [0, 0.05) is 27.2 Å². The number of rotatable bonds is 1. The first kappa shape index (κ1) is 10.4. The predicted molar refractivity (Wildman–Crippen MR) is 72.7 cm³/mol. The highest BCUT2D eigenvalue weighted by Crippen LogP contribution is 2.38. The fraction of sp³-hybridized carbons (Fsp3) is 0.500. The minimum absolute atomic E-state index is 0.252. The lowest BCUT2D eigenvalue weighted by Gasteiger charge is -2.26. The number of fused-ring (bicyclic) bond motifs is 2. The van der Waals surface area contributed by atoms with E-state index in [1.165, 1.54) is 6.42 Å². The van der Waals surface area contributed by atoms with Crippen molar-refractivity contribution >= 4 is 51.6 Å². The van der Waals surface area contributed by atoms with Gasteiger partial charge in [0.2, 0.25) is 0 Å². The smallest absolute Gasteiger partial charge is 0.265 e. The summed E-state index contributed by atoms with van der Waals surface area (Å²) < 4.78 is 1.10. The first-order valence-electron chi connectivity index (χ1n) is 4.91. The van der Waals surface area contributed by atoms with E-state index in [9.17, 15) is 4.79 Å². The lowest BCUT2D eigenvalue weighted by Crippen LogP contribution is -2.39. The molecular weight excluding hydrogens is 341 g/mol. The van der Waals surface area contributed by atoms with Crippen LogP contribution in [0.5, 0.6) is 0 Å². The Balaban J connectivity index is 1.84. The summed E-state index contributed by atoms with van der Waals surface area (Å²) in [5.74, 6) is 1.39. The fourth-order valence-electron chi connectivity index (χ4n) is 2.23. The number of amides is 1. The van der Waals surface area contributed by atoms with Gasteiger partial charge in [-0.05, 0) is 40.5 Å². The van der Waals surface area contributed by atoms with Crippen molar-refractivity contribution in [2.75, 3.05) is 12.3 Å². The van der Waals surface area contributed by atoms with Gasteiger partial charge in [-0.2, -0.15) is 11.8 Å². The average Bonchev–Trinajstić information content (AvgIpc) is 2.91. The third-order valence-electron chi connectivity index (χ3n) is 2.97. The molecule has 0 saturated carbocycles. The summed E-state index contributed by atoms with van der Waals surface area (Å²) in [7, 11) is 0. The van der Waals surface area contributed by atoms with Crippen LogP contribution in [0.4, 0.5) is 0 Å². The highest BCUT2D eigenvalue weighted by Gasteiger charge is 2.41. The maximum absolute atomic E-state index is 12.2. The Hall–Kier alpha value is 0.250. The number of thiophene rings is 1. The number of thioether (sulfide) groups is 1. The SMILES string of the molecule is O=C(c1sccc1I)N1CC2CC1CS2. The van der Waals surface area contributed by atoms with E-state index >= 15 is 0 Å². The predicted octanol–water partition coefficient (Wildman–Crippen LogP) is 2.68. The molecule has 2 aliphatic heterocycles. The molecule has 0 aliphatic carbocycles. The molecule has 5 heteroatoms. The van der Waals surface area contributed by atoms with Crippen LogP contribution >= 0.6 is 45.7 Å². The Bertz CT molecular complexity index is 406. The Morgan fingerprint density at radius 2 is 2.47 bits per heavy atom. The zero-order valence-corrected chi connectivity index (χ0v) is 11.8. The summed E-state index contributed by atoms with van der Waals surface area (Å²) >= 11 is 5.83. The lowest BCUT2D eigenvalue weighted by molar-refractivity contribution is 0.0751. The molecule has 80 valence electrons. The first-order chi connectivity index (χ1) is 7.25. The van der Waals surface area contributed by atoms with Crippen molar-refractivity contribution in [3.8, 4) is 0 Å². The largest absolute Gasteiger partial charge is 0.333 e. The number of nitrogens with zero attached hydrogens (tertiary/aromatic N) is 1. The van der Waals surface area contributed by atoms with Crippen molar-refractivity contribution in [3.05, 3.63) is 19.9 Å². The van der Waals surface area contributed by atoms with Gasteiger partial charge < -0.3 is 4.90 Å². The lowest BCUT2D eigenvalue weighted by atomic mass is 10.2. The van der Waals surface area contributed by atoms with Crippen LogP contribution in [0.2, 0.25) is 0 Å². The van der Waals surface area contributed by atoms with Gasteiger partial charge in [0.25, 0.3) is 5.91 Å². The van der Waals surface area contributed by atoms with Crippen LogP contribution in [0.25, 0.3) is 0 Å². The summed E-state index contributed by atoms with van der Waals surface area (Å²) in [4.78, 5) is 15.2. The van der Waals surface area contributed by atoms with Crippen LogP contribution in [0, 0.1) is 3.57 Å². The number of likely N-dealkylation sites (tertiary alicyclic amines) is 1. The van der Waals surface area contributed by atoms with Crippen molar-refractivity contribution in [3.63, 3.8) is 0 Å². The zero-order valence-electron chi connectivity index (χ0n) is 7.98.